The summed E-state index contributed by atoms with van der Waals surface area (Å²) in [4.78, 5) is 18.7. The lowest BCUT2D eigenvalue weighted by Gasteiger charge is -2.10. The number of H-pyrrole nitrogens is 1. The third-order valence-electron chi connectivity index (χ3n) is 2.17. The van der Waals surface area contributed by atoms with Gasteiger partial charge in [-0.05, 0) is 6.08 Å². The normalized spacial score (nSPS) is 17.6. The van der Waals surface area contributed by atoms with Gasteiger partial charge in [-0.2, -0.15) is 0 Å². The van der Waals surface area contributed by atoms with Crippen LogP contribution in [-0.4, -0.2) is 11.2 Å². The van der Waals surface area contributed by atoms with E-state index in [2.05, 4.69) is 9.98 Å². The van der Waals surface area contributed by atoms with Gasteiger partial charge in [0.1, 0.15) is 5.69 Å². The van der Waals surface area contributed by atoms with Crippen molar-refractivity contribution in [1.29, 1.82) is 0 Å². The first-order chi connectivity index (χ1) is 6.58. The maximum Gasteiger partial charge on any atom is 0.207 e. The SMILES string of the molecule is CC1(C)C=Cc2[nH]ccc(=O)c2N=C1. The molecule has 1 aromatic rings. The molecule has 0 spiro atoms. The van der Waals surface area contributed by atoms with E-state index < -0.39 is 0 Å². The van der Waals surface area contributed by atoms with E-state index in [1.54, 1.807) is 12.4 Å². The first-order valence-corrected chi connectivity index (χ1v) is 4.55. The third-order valence-corrected chi connectivity index (χ3v) is 2.17. The molecule has 0 aromatic carbocycles. The Kier molecular flexibility index (Phi) is 1.88. The summed E-state index contributed by atoms with van der Waals surface area (Å²) in [5, 5.41) is 0. The Hall–Kier alpha value is -1.64. The molecule has 72 valence electrons. The molecule has 1 aliphatic heterocycles. The van der Waals surface area contributed by atoms with Crippen molar-refractivity contribution in [1.82, 2.24) is 4.98 Å². The number of aromatic amines is 1. The van der Waals surface area contributed by atoms with E-state index in [1.807, 2.05) is 26.0 Å². The Morgan fingerprint density at radius 1 is 1.43 bits per heavy atom. The number of aromatic nitrogens is 1. The second-order valence-corrected chi connectivity index (χ2v) is 4.02. The summed E-state index contributed by atoms with van der Waals surface area (Å²) in [6.07, 6.45) is 7.37. The van der Waals surface area contributed by atoms with Crippen LogP contribution < -0.4 is 5.43 Å². The molecule has 0 saturated carbocycles. The van der Waals surface area contributed by atoms with Gasteiger partial charge >= 0.3 is 0 Å². The summed E-state index contributed by atoms with van der Waals surface area (Å²) in [5.41, 5.74) is 1.13. The molecule has 3 heteroatoms. The smallest absolute Gasteiger partial charge is 0.207 e. The van der Waals surface area contributed by atoms with Crippen LogP contribution in [-0.2, 0) is 0 Å². The zero-order chi connectivity index (χ0) is 10.2. The molecule has 0 aliphatic carbocycles. The van der Waals surface area contributed by atoms with Crippen molar-refractivity contribution < 1.29 is 0 Å². The van der Waals surface area contributed by atoms with Crippen molar-refractivity contribution in [3.8, 4) is 0 Å². The molecule has 0 unspecified atom stereocenters. The number of fused-ring (bicyclic) bond motifs is 1. The molecule has 1 aromatic heterocycles. The van der Waals surface area contributed by atoms with Crippen molar-refractivity contribution in [2.75, 3.05) is 0 Å². The lowest BCUT2D eigenvalue weighted by Crippen LogP contribution is -2.07. The molecule has 14 heavy (non-hydrogen) atoms. The Morgan fingerprint density at radius 2 is 2.21 bits per heavy atom. The van der Waals surface area contributed by atoms with Gasteiger partial charge in [0, 0.05) is 23.9 Å². The number of allylic oxidation sites excluding steroid dienone is 1. The fourth-order valence-electron chi connectivity index (χ4n) is 1.32. The van der Waals surface area contributed by atoms with Gasteiger partial charge in [-0.1, -0.05) is 19.9 Å². The predicted octanol–water partition coefficient (Wildman–Crippen LogP) is 2.13. The van der Waals surface area contributed by atoms with Crippen LogP contribution >= 0.6 is 0 Å². The summed E-state index contributed by atoms with van der Waals surface area (Å²) in [7, 11) is 0. The molecule has 0 saturated heterocycles. The summed E-state index contributed by atoms with van der Waals surface area (Å²) < 4.78 is 0. The third kappa shape index (κ3) is 1.53. The summed E-state index contributed by atoms with van der Waals surface area (Å²) in [5.74, 6) is 0. The number of hydrogen-bond acceptors (Lipinski definition) is 2. The zero-order valence-corrected chi connectivity index (χ0v) is 8.24. The van der Waals surface area contributed by atoms with Crippen LogP contribution in [0.15, 0.2) is 28.1 Å². The summed E-state index contributed by atoms with van der Waals surface area (Å²) in [6, 6.07) is 1.49. The average molecular weight is 188 g/mol. The number of rotatable bonds is 0. The highest BCUT2D eigenvalue weighted by Gasteiger charge is 2.14. The van der Waals surface area contributed by atoms with Gasteiger partial charge in [-0.3, -0.25) is 9.79 Å². The Morgan fingerprint density at radius 3 is 3.00 bits per heavy atom. The fraction of sp³-hybridized carbons (Fsp3) is 0.273. The first-order valence-electron chi connectivity index (χ1n) is 4.55. The minimum Gasteiger partial charge on any atom is -0.360 e. The van der Waals surface area contributed by atoms with Gasteiger partial charge in [0.05, 0.1) is 5.69 Å². The molecule has 0 atom stereocenters. The second kappa shape index (κ2) is 2.94. The number of nitrogens with zero attached hydrogens (tertiary/aromatic N) is 1. The minimum atomic E-state index is -0.0979. The monoisotopic (exact) mass is 188 g/mol. The van der Waals surface area contributed by atoms with E-state index in [4.69, 9.17) is 0 Å². The van der Waals surface area contributed by atoms with Gasteiger partial charge in [-0.25, -0.2) is 0 Å². The number of aliphatic imine (C=N–C) groups is 1. The molecular weight excluding hydrogens is 176 g/mol. The van der Waals surface area contributed by atoms with Crippen molar-refractivity contribution >= 4 is 18.0 Å². The van der Waals surface area contributed by atoms with Crippen LogP contribution in [0, 0.1) is 5.41 Å². The van der Waals surface area contributed by atoms with Crippen LogP contribution in [0.1, 0.15) is 19.5 Å². The van der Waals surface area contributed by atoms with Gasteiger partial charge in [-0.15, -0.1) is 0 Å². The van der Waals surface area contributed by atoms with Crippen LogP contribution in [0.3, 0.4) is 0 Å². The van der Waals surface area contributed by atoms with Crippen LogP contribution in [0.2, 0.25) is 0 Å². The van der Waals surface area contributed by atoms with Crippen molar-refractivity contribution in [2.24, 2.45) is 10.4 Å². The predicted molar refractivity (Wildman–Crippen MR) is 58.0 cm³/mol. The molecule has 0 radical (unpaired) electrons. The van der Waals surface area contributed by atoms with Crippen molar-refractivity contribution in [3.63, 3.8) is 0 Å². The van der Waals surface area contributed by atoms with E-state index >= 15 is 0 Å². The highest BCUT2D eigenvalue weighted by Crippen LogP contribution is 2.23. The first kappa shape index (κ1) is 8.94. The van der Waals surface area contributed by atoms with Gasteiger partial charge in [0.15, 0.2) is 0 Å². The highest BCUT2D eigenvalue weighted by molar-refractivity contribution is 5.78. The molecule has 0 amide bonds. The molecule has 2 rings (SSSR count). The number of nitrogens with one attached hydrogen (secondary N) is 1. The summed E-state index contributed by atoms with van der Waals surface area (Å²) in [6.45, 7) is 4.09. The highest BCUT2D eigenvalue weighted by atomic mass is 16.1. The van der Waals surface area contributed by atoms with E-state index in [-0.39, 0.29) is 10.8 Å². The Balaban J connectivity index is 2.66. The quantitative estimate of drug-likeness (QED) is 0.666. The molecule has 0 bridgehead atoms. The van der Waals surface area contributed by atoms with E-state index in [0.29, 0.717) is 5.69 Å². The van der Waals surface area contributed by atoms with Crippen LogP contribution in [0.4, 0.5) is 5.69 Å². The Bertz CT molecular complexity index is 466. The number of pyridine rings is 1. The van der Waals surface area contributed by atoms with Crippen LogP contribution in [0.25, 0.3) is 6.08 Å². The largest absolute Gasteiger partial charge is 0.360 e. The van der Waals surface area contributed by atoms with Crippen molar-refractivity contribution in [2.45, 2.75) is 13.8 Å². The lowest BCUT2D eigenvalue weighted by molar-refractivity contribution is 0.699. The summed E-state index contributed by atoms with van der Waals surface area (Å²) >= 11 is 0. The molecule has 0 fully saturated rings. The maximum absolute atomic E-state index is 11.5. The van der Waals surface area contributed by atoms with Gasteiger partial charge < -0.3 is 4.98 Å². The standard InChI is InChI=1S/C11H12N2O/c1-11(2)5-3-8-10(13-7-11)9(14)4-6-12-8/h3-7H,1-2H3,(H,12,14). The topological polar surface area (TPSA) is 45.2 Å². The minimum absolute atomic E-state index is 0.0441. The van der Waals surface area contributed by atoms with E-state index in [1.165, 1.54) is 6.07 Å². The molecule has 2 heterocycles. The second-order valence-electron chi connectivity index (χ2n) is 4.02. The Labute approximate surface area is 82.2 Å². The molecule has 1 aliphatic rings. The molecule has 1 N–H and O–H groups in total. The lowest BCUT2D eigenvalue weighted by atomic mass is 9.95. The van der Waals surface area contributed by atoms with Crippen molar-refractivity contribution in [3.05, 3.63) is 34.3 Å². The van der Waals surface area contributed by atoms with Gasteiger partial charge in [0.2, 0.25) is 5.43 Å². The van der Waals surface area contributed by atoms with Crippen LogP contribution in [0.5, 0.6) is 0 Å². The zero-order valence-electron chi connectivity index (χ0n) is 8.24. The van der Waals surface area contributed by atoms with Gasteiger partial charge in [0.25, 0.3) is 0 Å². The van der Waals surface area contributed by atoms with E-state index in [0.717, 1.165) is 5.69 Å². The molecular formula is C11H12N2O. The fourth-order valence-corrected chi connectivity index (χ4v) is 1.32. The molecule has 3 nitrogen and oxygen atoms in total. The maximum atomic E-state index is 11.5. The average Bonchev–Trinajstić information content (AvgIpc) is 2.27. The number of hydrogen-bond donors (Lipinski definition) is 1. The van der Waals surface area contributed by atoms with E-state index in [9.17, 15) is 4.79 Å².